The van der Waals surface area contributed by atoms with E-state index in [1.807, 2.05) is 0 Å². The van der Waals surface area contributed by atoms with Gasteiger partial charge in [0.2, 0.25) is 0 Å². The van der Waals surface area contributed by atoms with E-state index >= 15 is 0 Å². The number of hydrogen-bond donors (Lipinski definition) is 2. The Balaban J connectivity index is 2.29. The molecule has 0 saturated heterocycles. The summed E-state index contributed by atoms with van der Waals surface area (Å²) >= 11 is 0. The summed E-state index contributed by atoms with van der Waals surface area (Å²) in [4.78, 5) is 11.1. The van der Waals surface area contributed by atoms with Crippen molar-refractivity contribution in [2.75, 3.05) is 0 Å². The van der Waals surface area contributed by atoms with Crippen molar-refractivity contribution in [2.45, 2.75) is 45.1 Å². The topological polar surface area (TPSA) is 53.0 Å². The van der Waals surface area contributed by atoms with Crippen LogP contribution in [0.25, 0.3) is 0 Å². The zero-order valence-corrected chi connectivity index (χ0v) is 7.52. The quantitative estimate of drug-likeness (QED) is 0.603. The molecule has 0 aromatic carbocycles. The highest BCUT2D eigenvalue weighted by molar-refractivity contribution is 6.36. The van der Waals surface area contributed by atoms with Crippen molar-refractivity contribution in [3.05, 3.63) is 0 Å². The lowest BCUT2D eigenvalue weighted by atomic mass is 9.95. The Bertz CT molecular complexity index is 183. The summed E-state index contributed by atoms with van der Waals surface area (Å²) in [5.41, 5.74) is 0.112. The minimum absolute atomic E-state index is 0.112. The van der Waals surface area contributed by atoms with Gasteiger partial charge in [0, 0.05) is 6.04 Å². The molecule has 1 aliphatic rings. The molecule has 1 amide bonds. The Hall–Kier alpha value is -0.860. The first kappa shape index (κ1) is 9.23. The smallest absolute Gasteiger partial charge is 0.264 e. The zero-order chi connectivity index (χ0) is 8.97. The molecule has 1 saturated carbocycles. The maximum atomic E-state index is 11.1. The molecule has 1 aliphatic carbocycles. The zero-order valence-electron chi connectivity index (χ0n) is 7.52. The lowest BCUT2D eigenvalue weighted by molar-refractivity contribution is -0.115. The van der Waals surface area contributed by atoms with E-state index in [-0.39, 0.29) is 11.6 Å². The molecule has 0 atom stereocenters. The minimum atomic E-state index is -0.207. The fraction of sp³-hybridized carbons (Fsp3) is 0.778. The van der Waals surface area contributed by atoms with Gasteiger partial charge in [-0.2, -0.15) is 0 Å². The number of carbonyl (C=O) groups excluding carboxylic acids is 1. The van der Waals surface area contributed by atoms with Gasteiger partial charge < -0.3 is 5.32 Å². The van der Waals surface area contributed by atoms with E-state index in [0.29, 0.717) is 6.04 Å². The number of nitrogens with one attached hydrogen (secondary N) is 2. The molecule has 0 radical (unpaired) electrons. The summed E-state index contributed by atoms with van der Waals surface area (Å²) in [7, 11) is 0. The standard InChI is InChI=1S/C9H16N2O/c1-7(10)9(12)11-8-5-3-2-4-6-8/h8,10H,2-6H2,1H3,(H,11,12). The summed E-state index contributed by atoms with van der Waals surface area (Å²) in [5, 5.41) is 9.96. The third-order valence-corrected chi connectivity index (χ3v) is 2.28. The molecule has 0 aromatic rings. The second kappa shape index (κ2) is 4.24. The van der Waals surface area contributed by atoms with Crippen LogP contribution in [-0.2, 0) is 4.79 Å². The third-order valence-electron chi connectivity index (χ3n) is 2.28. The van der Waals surface area contributed by atoms with Crippen LogP contribution in [0, 0.1) is 5.41 Å². The van der Waals surface area contributed by atoms with E-state index in [1.165, 1.54) is 26.2 Å². The fourth-order valence-electron chi connectivity index (χ4n) is 1.54. The molecule has 3 nitrogen and oxygen atoms in total. The second-order valence-corrected chi connectivity index (χ2v) is 3.43. The summed E-state index contributed by atoms with van der Waals surface area (Å²) in [6, 6.07) is 0.326. The molecule has 1 rings (SSSR count). The van der Waals surface area contributed by atoms with E-state index in [2.05, 4.69) is 5.32 Å². The van der Waals surface area contributed by atoms with Crippen molar-refractivity contribution in [1.29, 1.82) is 5.41 Å². The van der Waals surface area contributed by atoms with E-state index in [1.54, 1.807) is 0 Å². The normalized spacial score (nSPS) is 18.8. The van der Waals surface area contributed by atoms with Crippen molar-refractivity contribution in [1.82, 2.24) is 5.32 Å². The van der Waals surface area contributed by atoms with Gasteiger partial charge in [-0.3, -0.25) is 10.2 Å². The van der Waals surface area contributed by atoms with E-state index < -0.39 is 0 Å². The van der Waals surface area contributed by atoms with Crippen LogP contribution in [-0.4, -0.2) is 17.7 Å². The van der Waals surface area contributed by atoms with Gasteiger partial charge in [0.05, 0.1) is 5.71 Å². The molecule has 0 spiro atoms. The van der Waals surface area contributed by atoms with Crippen LogP contribution in [0.5, 0.6) is 0 Å². The maximum absolute atomic E-state index is 11.1. The van der Waals surface area contributed by atoms with Crippen LogP contribution in [0.2, 0.25) is 0 Å². The van der Waals surface area contributed by atoms with Gasteiger partial charge >= 0.3 is 0 Å². The Morgan fingerprint density at radius 3 is 2.42 bits per heavy atom. The molecule has 68 valence electrons. The Morgan fingerprint density at radius 1 is 1.33 bits per heavy atom. The highest BCUT2D eigenvalue weighted by Crippen LogP contribution is 2.17. The molecule has 0 aromatic heterocycles. The van der Waals surface area contributed by atoms with Crippen molar-refractivity contribution >= 4 is 11.6 Å². The Kier molecular flexibility index (Phi) is 3.26. The van der Waals surface area contributed by atoms with Crippen LogP contribution in [0.1, 0.15) is 39.0 Å². The SMILES string of the molecule is CC(=N)C(=O)NC1CCCCC1. The van der Waals surface area contributed by atoms with Gasteiger partial charge in [0.15, 0.2) is 0 Å². The third kappa shape index (κ3) is 2.64. The summed E-state index contributed by atoms with van der Waals surface area (Å²) in [5.74, 6) is -0.207. The number of hydrogen-bond acceptors (Lipinski definition) is 2. The number of amides is 1. The Morgan fingerprint density at radius 2 is 1.92 bits per heavy atom. The predicted octanol–water partition coefficient (Wildman–Crippen LogP) is 1.47. The lowest BCUT2D eigenvalue weighted by Gasteiger charge is -2.22. The van der Waals surface area contributed by atoms with Crippen molar-refractivity contribution in [3.63, 3.8) is 0 Å². The van der Waals surface area contributed by atoms with Gasteiger partial charge in [-0.25, -0.2) is 0 Å². The van der Waals surface area contributed by atoms with Gasteiger partial charge in [-0.1, -0.05) is 19.3 Å². The molecular formula is C9H16N2O. The fourth-order valence-corrected chi connectivity index (χ4v) is 1.54. The molecule has 1 fully saturated rings. The van der Waals surface area contributed by atoms with Crippen LogP contribution < -0.4 is 5.32 Å². The van der Waals surface area contributed by atoms with Crippen LogP contribution >= 0.6 is 0 Å². The molecule has 0 heterocycles. The molecule has 0 bridgehead atoms. The Labute approximate surface area is 73.0 Å². The van der Waals surface area contributed by atoms with Gasteiger partial charge in [0.25, 0.3) is 5.91 Å². The number of carbonyl (C=O) groups is 1. The van der Waals surface area contributed by atoms with Crippen molar-refractivity contribution in [3.8, 4) is 0 Å². The first-order chi connectivity index (χ1) is 5.70. The minimum Gasteiger partial charge on any atom is -0.348 e. The van der Waals surface area contributed by atoms with Crippen LogP contribution in [0.15, 0.2) is 0 Å². The molecule has 0 aliphatic heterocycles. The van der Waals surface area contributed by atoms with Gasteiger partial charge in [0.1, 0.15) is 0 Å². The average molecular weight is 168 g/mol. The molecule has 2 N–H and O–H groups in total. The van der Waals surface area contributed by atoms with Gasteiger partial charge in [-0.15, -0.1) is 0 Å². The van der Waals surface area contributed by atoms with Crippen LogP contribution in [0.4, 0.5) is 0 Å². The first-order valence-electron chi connectivity index (χ1n) is 4.56. The molecular weight excluding hydrogens is 152 g/mol. The summed E-state index contributed by atoms with van der Waals surface area (Å²) in [6.45, 7) is 1.53. The average Bonchev–Trinajstić information content (AvgIpc) is 2.06. The molecule has 0 unspecified atom stereocenters. The second-order valence-electron chi connectivity index (χ2n) is 3.43. The molecule has 12 heavy (non-hydrogen) atoms. The summed E-state index contributed by atoms with van der Waals surface area (Å²) < 4.78 is 0. The van der Waals surface area contributed by atoms with Gasteiger partial charge in [-0.05, 0) is 19.8 Å². The first-order valence-corrected chi connectivity index (χ1v) is 4.56. The predicted molar refractivity (Wildman–Crippen MR) is 48.4 cm³/mol. The maximum Gasteiger partial charge on any atom is 0.264 e. The highest BCUT2D eigenvalue weighted by atomic mass is 16.1. The van der Waals surface area contributed by atoms with Crippen molar-refractivity contribution < 1.29 is 4.79 Å². The van der Waals surface area contributed by atoms with E-state index in [0.717, 1.165) is 12.8 Å². The van der Waals surface area contributed by atoms with Crippen LogP contribution in [0.3, 0.4) is 0 Å². The number of rotatable bonds is 2. The van der Waals surface area contributed by atoms with Crippen molar-refractivity contribution in [2.24, 2.45) is 0 Å². The lowest BCUT2D eigenvalue weighted by Crippen LogP contribution is -2.39. The molecule has 3 heteroatoms. The monoisotopic (exact) mass is 168 g/mol. The van der Waals surface area contributed by atoms with E-state index in [4.69, 9.17) is 5.41 Å². The summed E-state index contributed by atoms with van der Waals surface area (Å²) in [6.07, 6.45) is 5.87. The highest BCUT2D eigenvalue weighted by Gasteiger charge is 2.15. The van der Waals surface area contributed by atoms with E-state index in [9.17, 15) is 4.79 Å². The largest absolute Gasteiger partial charge is 0.348 e.